The molecular formula is C12H13ClN2O. The Labute approximate surface area is 99.3 Å². The number of benzene rings is 1. The summed E-state index contributed by atoms with van der Waals surface area (Å²) in [5.74, 6) is 1.15. The van der Waals surface area contributed by atoms with Gasteiger partial charge in [-0.1, -0.05) is 23.7 Å². The number of nitrogens with zero attached hydrogens (tertiary/aromatic N) is 2. The van der Waals surface area contributed by atoms with E-state index in [9.17, 15) is 5.11 Å². The first-order valence-electron chi connectivity index (χ1n) is 5.11. The Kier molecular flexibility index (Phi) is 3.15. The lowest BCUT2D eigenvalue weighted by atomic mass is 10.1. The second-order valence-corrected chi connectivity index (χ2v) is 4.08. The summed E-state index contributed by atoms with van der Waals surface area (Å²) in [6.07, 6.45) is 5.28. The number of aryl methyl sites for hydroxylation is 3. The number of halogens is 1. The van der Waals surface area contributed by atoms with Gasteiger partial charge in [0.25, 0.3) is 0 Å². The maximum atomic E-state index is 9.46. The maximum Gasteiger partial charge on any atom is 0.134 e. The van der Waals surface area contributed by atoms with Crippen LogP contribution in [0, 0.1) is 0 Å². The first-order chi connectivity index (χ1) is 7.68. The van der Waals surface area contributed by atoms with Crippen molar-refractivity contribution in [3.8, 4) is 5.75 Å². The Hall–Kier alpha value is -1.48. The van der Waals surface area contributed by atoms with Crippen LogP contribution in [-0.2, 0) is 19.9 Å². The molecule has 0 bridgehead atoms. The largest absolute Gasteiger partial charge is 0.506 e. The molecule has 0 aliphatic rings. The molecule has 0 aliphatic heterocycles. The molecule has 0 saturated carbocycles. The summed E-state index contributed by atoms with van der Waals surface area (Å²) < 4.78 is 1.98. The van der Waals surface area contributed by atoms with Crippen molar-refractivity contribution in [3.63, 3.8) is 0 Å². The lowest BCUT2D eigenvalue weighted by molar-refractivity contribution is 0.474. The van der Waals surface area contributed by atoms with E-state index < -0.39 is 0 Å². The Bertz CT molecular complexity index is 494. The van der Waals surface area contributed by atoms with E-state index in [-0.39, 0.29) is 5.75 Å². The zero-order chi connectivity index (χ0) is 11.5. The fourth-order valence-electron chi connectivity index (χ4n) is 1.64. The number of hydrogen-bond acceptors (Lipinski definition) is 2. The molecule has 0 atom stereocenters. The molecule has 2 aromatic rings. The van der Waals surface area contributed by atoms with Crippen molar-refractivity contribution in [2.75, 3.05) is 0 Å². The molecule has 84 valence electrons. The van der Waals surface area contributed by atoms with Crippen molar-refractivity contribution < 1.29 is 5.11 Å². The third-order valence-corrected chi connectivity index (χ3v) is 3.03. The van der Waals surface area contributed by atoms with Gasteiger partial charge >= 0.3 is 0 Å². The van der Waals surface area contributed by atoms with Crippen LogP contribution in [0.15, 0.2) is 30.6 Å². The molecule has 0 amide bonds. The van der Waals surface area contributed by atoms with Crippen LogP contribution in [0.5, 0.6) is 5.75 Å². The standard InChI is InChI=1S/C12H13ClN2O/c1-15-8-7-14-11(15)6-5-9-3-2-4-10(16)12(9)13/h2-4,7-8,16H,5-6H2,1H3. The Morgan fingerprint density at radius 3 is 2.88 bits per heavy atom. The minimum Gasteiger partial charge on any atom is -0.506 e. The molecule has 3 nitrogen and oxygen atoms in total. The molecule has 0 spiro atoms. The number of phenols is 1. The molecule has 0 saturated heterocycles. The third-order valence-electron chi connectivity index (χ3n) is 2.60. The van der Waals surface area contributed by atoms with Crippen LogP contribution >= 0.6 is 11.6 Å². The maximum absolute atomic E-state index is 9.46. The highest BCUT2D eigenvalue weighted by atomic mass is 35.5. The normalized spacial score (nSPS) is 10.6. The number of aromatic nitrogens is 2. The van der Waals surface area contributed by atoms with Crippen LogP contribution in [-0.4, -0.2) is 14.7 Å². The van der Waals surface area contributed by atoms with Gasteiger partial charge in [0.1, 0.15) is 11.6 Å². The van der Waals surface area contributed by atoms with Gasteiger partial charge in [-0.2, -0.15) is 0 Å². The van der Waals surface area contributed by atoms with E-state index in [1.54, 1.807) is 18.3 Å². The molecule has 2 rings (SSSR count). The predicted molar refractivity (Wildman–Crippen MR) is 63.7 cm³/mol. The second kappa shape index (κ2) is 4.58. The molecule has 1 aromatic carbocycles. The van der Waals surface area contributed by atoms with E-state index in [0.717, 1.165) is 24.2 Å². The van der Waals surface area contributed by atoms with E-state index in [1.165, 1.54) is 0 Å². The van der Waals surface area contributed by atoms with Crippen LogP contribution in [0.2, 0.25) is 5.02 Å². The summed E-state index contributed by atoms with van der Waals surface area (Å²) in [5, 5.41) is 9.90. The Morgan fingerprint density at radius 1 is 1.38 bits per heavy atom. The number of rotatable bonds is 3. The van der Waals surface area contributed by atoms with E-state index in [4.69, 9.17) is 11.6 Å². The van der Waals surface area contributed by atoms with Gasteiger partial charge in [0, 0.05) is 25.9 Å². The summed E-state index contributed by atoms with van der Waals surface area (Å²) in [4.78, 5) is 4.24. The smallest absolute Gasteiger partial charge is 0.134 e. The van der Waals surface area contributed by atoms with Gasteiger partial charge in [-0.05, 0) is 18.1 Å². The second-order valence-electron chi connectivity index (χ2n) is 3.70. The molecule has 0 fully saturated rings. The zero-order valence-corrected chi connectivity index (χ0v) is 9.78. The van der Waals surface area contributed by atoms with Gasteiger partial charge in [0.2, 0.25) is 0 Å². The van der Waals surface area contributed by atoms with Crippen molar-refractivity contribution in [3.05, 3.63) is 47.0 Å². The lowest BCUT2D eigenvalue weighted by Gasteiger charge is -2.05. The number of hydrogen-bond donors (Lipinski definition) is 1. The van der Waals surface area contributed by atoms with Gasteiger partial charge in [-0.25, -0.2) is 4.98 Å². The zero-order valence-electron chi connectivity index (χ0n) is 9.02. The summed E-state index contributed by atoms with van der Waals surface area (Å²) in [6, 6.07) is 5.31. The van der Waals surface area contributed by atoms with E-state index >= 15 is 0 Å². The van der Waals surface area contributed by atoms with Gasteiger partial charge in [-0.15, -0.1) is 0 Å². The minimum absolute atomic E-state index is 0.138. The first-order valence-corrected chi connectivity index (χ1v) is 5.49. The van der Waals surface area contributed by atoms with Gasteiger partial charge in [0.15, 0.2) is 0 Å². The Morgan fingerprint density at radius 2 is 2.19 bits per heavy atom. The predicted octanol–water partition coefficient (Wildman–Crippen LogP) is 2.56. The minimum atomic E-state index is 0.138. The quantitative estimate of drug-likeness (QED) is 0.890. The van der Waals surface area contributed by atoms with Crippen LogP contribution < -0.4 is 0 Å². The summed E-state index contributed by atoms with van der Waals surface area (Å²) >= 11 is 6.00. The van der Waals surface area contributed by atoms with Crippen LogP contribution in [0.3, 0.4) is 0 Å². The number of aromatic hydroxyl groups is 1. The molecule has 1 N–H and O–H groups in total. The van der Waals surface area contributed by atoms with Crippen molar-refractivity contribution in [1.82, 2.24) is 9.55 Å². The highest BCUT2D eigenvalue weighted by Gasteiger charge is 2.06. The third kappa shape index (κ3) is 2.19. The van der Waals surface area contributed by atoms with E-state index in [0.29, 0.717) is 5.02 Å². The van der Waals surface area contributed by atoms with Crippen LogP contribution in [0.4, 0.5) is 0 Å². The summed E-state index contributed by atoms with van der Waals surface area (Å²) in [7, 11) is 1.96. The van der Waals surface area contributed by atoms with Crippen molar-refractivity contribution in [2.45, 2.75) is 12.8 Å². The fourth-order valence-corrected chi connectivity index (χ4v) is 1.86. The SMILES string of the molecule is Cn1ccnc1CCc1cccc(O)c1Cl. The molecular weight excluding hydrogens is 224 g/mol. The Balaban J connectivity index is 2.11. The van der Waals surface area contributed by atoms with Crippen molar-refractivity contribution >= 4 is 11.6 Å². The molecule has 1 heterocycles. The average Bonchev–Trinajstić information content (AvgIpc) is 2.67. The molecule has 16 heavy (non-hydrogen) atoms. The molecule has 0 radical (unpaired) electrons. The average molecular weight is 237 g/mol. The molecule has 4 heteroatoms. The summed E-state index contributed by atoms with van der Waals surface area (Å²) in [5.41, 5.74) is 0.949. The van der Waals surface area contributed by atoms with E-state index in [2.05, 4.69) is 4.98 Å². The van der Waals surface area contributed by atoms with E-state index in [1.807, 2.05) is 23.9 Å². The summed E-state index contributed by atoms with van der Waals surface area (Å²) in [6.45, 7) is 0. The van der Waals surface area contributed by atoms with Gasteiger partial charge in [-0.3, -0.25) is 0 Å². The molecule has 1 aromatic heterocycles. The monoisotopic (exact) mass is 236 g/mol. The van der Waals surface area contributed by atoms with Crippen LogP contribution in [0.25, 0.3) is 0 Å². The highest BCUT2D eigenvalue weighted by molar-refractivity contribution is 6.32. The number of imidazole rings is 1. The van der Waals surface area contributed by atoms with Crippen LogP contribution in [0.1, 0.15) is 11.4 Å². The first kappa shape index (κ1) is 11.0. The molecule has 0 aliphatic carbocycles. The van der Waals surface area contributed by atoms with Gasteiger partial charge < -0.3 is 9.67 Å². The topological polar surface area (TPSA) is 38.0 Å². The fraction of sp³-hybridized carbons (Fsp3) is 0.250. The lowest BCUT2D eigenvalue weighted by Crippen LogP contribution is -2.00. The van der Waals surface area contributed by atoms with Crippen molar-refractivity contribution in [2.24, 2.45) is 7.05 Å². The van der Waals surface area contributed by atoms with Gasteiger partial charge in [0.05, 0.1) is 5.02 Å². The number of phenolic OH excluding ortho intramolecular Hbond substituents is 1. The van der Waals surface area contributed by atoms with Crippen molar-refractivity contribution in [1.29, 1.82) is 0 Å². The molecule has 0 unspecified atom stereocenters. The highest BCUT2D eigenvalue weighted by Crippen LogP contribution is 2.27.